The van der Waals surface area contributed by atoms with Crippen LogP contribution in [0.4, 0.5) is 0 Å². The quantitative estimate of drug-likeness (QED) is 0.526. The van der Waals surface area contributed by atoms with Gasteiger partial charge in [-0.3, -0.25) is 0 Å². The predicted octanol–water partition coefficient (Wildman–Crippen LogP) is 3.26. The minimum atomic E-state index is -3.58. The predicted molar refractivity (Wildman–Crippen MR) is 76.7 cm³/mol. The van der Waals surface area contributed by atoms with Crippen LogP contribution in [0.3, 0.4) is 0 Å². The zero-order valence-corrected chi connectivity index (χ0v) is 13.9. The van der Waals surface area contributed by atoms with Crippen molar-refractivity contribution < 1.29 is 8.42 Å². The number of nitrogens with zero attached hydrogens (tertiary/aromatic N) is 2. The van der Waals surface area contributed by atoms with Gasteiger partial charge in [0.1, 0.15) is 0 Å². The molecule has 0 saturated carbocycles. The molecule has 0 saturated heterocycles. The van der Waals surface area contributed by atoms with Crippen molar-refractivity contribution in [1.29, 1.82) is 0 Å². The Morgan fingerprint density at radius 1 is 1.12 bits per heavy atom. The highest BCUT2D eigenvalue weighted by Gasteiger charge is 2.34. The van der Waals surface area contributed by atoms with Crippen LogP contribution in [0, 0.1) is 0 Å². The van der Waals surface area contributed by atoms with E-state index in [0.29, 0.717) is 38.0 Å². The van der Waals surface area contributed by atoms with E-state index in [0.717, 1.165) is 3.71 Å². The van der Waals surface area contributed by atoms with E-state index < -0.39 is 13.3 Å². The smallest absolute Gasteiger partial charge is 0.194 e. The van der Waals surface area contributed by atoms with Gasteiger partial charge >= 0.3 is 0 Å². The standard InChI is InChI=1S/C8H17Cl3N2O2S2/c1-4-7-13(16-8(9,10)11)17(14,15)12(5-2)6-3/h4-7H2,1-3H3. The number of hydrogen-bond acceptors (Lipinski definition) is 3. The molecule has 0 aromatic rings. The van der Waals surface area contributed by atoms with Crippen LogP contribution in [0.15, 0.2) is 0 Å². The Kier molecular flexibility index (Phi) is 8.11. The Morgan fingerprint density at radius 3 is 1.88 bits per heavy atom. The van der Waals surface area contributed by atoms with Gasteiger partial charge in [0.25, 0.3) is 13.3 Å². The highest BCUT2D eigenvalue weighted by molar-refractivity contribution is 8.11. The first-order chi connectivity index (χ1) is 7.69. The molecule has 0 aliphatic rings. The van der Waals surface area contributed by atoms with Gasteiger partial charge in [-0.15, -0.1) is 3.71 Å². The van der Waals surface area contributed by atoms with Gasteiger partial charge in [-0.2, -0.15) is 12.7 Å². The molecule has 0 bridgehead atoms. The first-order valence-electron chi connectivity index (χ1n) is 5.22. The molecule has 9 heteroatoms. The Bertz CT molecular complexity index is 315. The van der Waals surface area contributed by atoms with Crippen molar-refractivity contribution in [3.8, 4) is 0 Å². The van der Waals surface area contributed by atoms with Gasteiger partial charge in [-0.1, -0.05) is 55.6 Å². The highest BCUT2D eigenvalue weighted by atomic mass is 35.6. The molecule has 104 valence electrons. The SMILES string of the molecule is CCCN(SC(Cl)(Cl)Cl)S(=O)(=O)N(CC)CC. The number of alkyl halides is 3. The first-order valence-corrected chi connectivity index (χ1v) is 8.53. The topological polar surface area (TPSA) is 40.6 Å². The zero-order chi connectivity index (χ0) is 13.7. The van der Waals surface area contributed by atoms with Crippen molar-refractivity contribution in [1.82, 2.24) is 8.02 Å². The average Bonchev–Trinajstić information content (AvgIpc) is 2.16. The van der Waals surface area contributed by atoms with E-state index in [2.05, 4.69) is 0 Å². The minimum absolute atomic E-state index is 0.303. The lowest BCUT2D eigenvalue weighted by molar-refractivity contribution is 0.411. The maximum Gasteiger partial charge on any atom is 0.291 e. The van der Waals surface area contributed by atoms with Crippen molar-refractivity contribution in [2.24, 2.45) is 0 Å². The second-order valence-electron chi connectivity index (χ2n) is 3.16. The van der Waals surface area contributed by atoms with E-state index in [1.54, 1.807) is 13.8 Å². The van der Waals surface area contributed by atoms with Crippen molar-refractivity contribution in [3.63, 3.8) is 0 Å². The Morgan fingerprint density at radius 2 is 1.59 bits per heavy atom. The Hall–Kier alpha value is 1.09. The summed E-state index contributed by atoms with van der Waals surface area (Å²) in [5.74, 6) is 0. The molecule has 17 heavy (non-hydrogen) atoms. The molecule has 0 aliphatic heterocycles. The lowest BCUT2D eigenvalue weighted by Gasteiger charge is -2.29. The summed E-state index contributed by atoms with van der Waals surface area (Å²) in [5, 5.41) is 0. The summed E-state index contributed by atoms with van der Waals surface area (Å²) in [6.45, 7) is 6.48. The molecule has 0 N–H and O–H groups in total. The minimum Gasteiger partial charge on any atom is -0.194 e. The molecular formula is C8H17Cl3N2O2S2. The van der Waals surface area contributed by atoms with Gasteiger partial charge in [0.05, 0.1) is 0 Å². The van der Waals surface area contributed by atoms with Crippen LogP contribution < -0.4 is 0 Å². The van der Waals surface area contributed by atoms with Gasteiger partial charge in [-0.25, -0.2) is 0 Å². The number of hydrogen-bond donors (Lipinski definition) is 0. The summed E-state index contributed by atoms with van der Waals surface area (Å²) in [4.78, 5) is 0. The van der Waals surface area contributed by atoms with Gasteiger partial charge < -0.3 is 0 Å². The van der Waals surface area contributed by atoms with Gasteiger partial charge in [0.2, 0.25) is 0 Å². The van der Waals surface area contributed by atoms with E-state index in [1.807, 2.05) is 6.92 Å². The molecule has 0 rings (SSSR count). The summed E-state index contributed by atoms with van der Waals surface area (Å²) in [6, 6.07) is 0. The van der Waals surface area contributed by atoms with Crippen molar-refractivity contribution in [2.75, 3.05) is 19.6 Å². The molecule has 0 amide bonds. The zero-order valence-electron chi connectivity index (χ0n) is 9.99. The van der Waals surface area contributed by atoms with Crippen LogP contribution in [0.1, 0.15) is 27.2 Å². The monoisotopic (exact) mass is 342 g/mol. The van der Waals surface area contributed by atoms with Crippen LogP contribution >= 0.6 is 46.8 Å². The number of halogens is 3. The second-order valence-corrected chi connectivity index (χ2v) is 9.43. The summed E-state index contributed by atoms with van der Waals surface area (Å²) in [5.41, 5.74) is 0. The van der Waals surface area contributed by atoms with E-state index in [-0.39, 0.29) is 0 Å². The van der Waals surface area contributed by atoms with E-state index in [1.165, 1.54) is 4.31 Å². The lowest BCUT2D eigenvalue weighted by Crippen LogP contribution is -2.41. The van der Waals surface area contributed by atoms with Crippen molar-refractivity contribution in [3.05, 3.63) is 0 Å². The largest absolute Gasteiger partial charge is 0.291 e. The maximum atomic E-state index is 12.2. The summed E-state index contributed by atoms with van der Waals surface area (Å²) in [6.07, 6.45) is 0.647. The Balaban J connectivity index is 5.03. The van der Waals surface area contributed by atoms with E-state index in [4.69, 9.17) is 34.8 Å². The van der Waals surface area contributed by atoms with Crippen LogP contribution in [0.5, 0.6) is 0 Å². The van der Waals surface area contributed by atoms with Crippen LogP contribution in [0.2, 0.25) is 0 Å². The maximum absolute atomic E-state index is 12.2. The third kappa shape index (κ3) is 6.18. The molecular weight excluding hydrogens is 327 g/mol. The van der Waals surface area contributed by atoms with Crippen molar-refractivity contribution in [2.45, 2.75) is 30.3 Å². The third-order valence-electron chi connectivity index (χ3n) is 1.90. The molecule has 0 heterocycles. The fraction of sp³-hybridized carbons (Fsp3) is 1.00. The normalized spacial score (nSPS) is 13.6. The molecule has 0 aromatic carbocycles. The van der Waals surface area contributed by atoms with E-state index >= 15 is 0 Å². The summed E-state index contributed by atoms with van der Waals surface area (Å²) >= 11 is 17.6. The van der Waals surface area contributed by atoms with Gasteiger partial charge in [0.15, 0.2) is 0 Å². The summed E-state index contributed by atoms with van der Waals surface area (Å²) in [7, 11) is -3.58. The lowest BCUT2D eigenvalue weighted by atomic mass is 10.5. The molecule has 0 aliphatic carbocycles. The fourth-order valence-corrected chi connectivity index (χ4v) is 5.13. The molecule has 0 aromatic heterocycles. The third-order valence-corrected chi connectivity index (χ3v) is 5.77. The highest BCUT2D eigenvalue weighted by Crippen LogP contribution is 2.42. The van der Waals surface area contributed by atoms with Gasteiger partial charge in [0, 0.05) is 19.6 Å². The molecule has 0 spiro atoms. The van der Waals surface area contributed by atoms with Crippen LogP contribution in [-0.2, 0) is 10.2 Å². The first kappa shape index (κ1) is 18.1. The molecule has 4 nitrogen and oxygen atoms in total. The fourth-order valence-electron chi connectivity index (χ4n) is 1.18. The van der Waals surface area contributed by atoms with Gasteiger partial charge in [-0.05, 0) is 18.4 Å². The molecule has 0 fully saturated rings. The van der Waals surface area contributed by atoms with Crippen molar-refractivity contribution >= 4 is 57.0 Å². The molecule has 0 radical (unpaired) electrons. The molecule has 0 unspecified atom stereocenters. The molecule has 0 atom stereocenters. The Labute approximate surface area is 123 Å². The number of rotatable bonds is 7. The van der Waals surface area contributed by atoms with Crippen LogP contribution in [0.25, 0.3) is 0 Å². The van der Waals surface area contributed by atoms with Crippen LogP contribution in [-0.4, -0.2) is 39.2 Å². The average molecular weight is 344 g/mol. The second kappa shape index (κ2) is 7.62. The van der Waals surface area contributed by atoms with E-state index in [9.17, 15) is 8.42 Å². The summed E-state index contributed by atoms with van der Waals surface area (Å²) < 4.78 is 25.2.